The number of dihydropyridines is 1. The number of carbonyl (C=O) groups excluding carboxylic acids is 1. The van der Waals surface area contributed by atoms with E-state index in [0.29, 0.717) is 5.57 Å². The number of rotatable bonds is 6. The lowest BCUT2D eigenvalue weighted by molar-refractivity contribution is -0.117. The van der Waals surface area contributed by atoms with Gasteiger partial charge >= 0.3 is 0 Å². The molecule has 0 aromatic heterocycles. The maximum atomic E-state index is 13.0. The summed E-state index contributed by atoms with van der Waals surface area (Å²) < 4.78 is 31.1. The number of nitrogens with zero attached hydrogens (tertiary/aromatic N) is 2. The summed E-state index contributed by atoms with van der Waals surface area (Å²) in [5.74, 6) is -0.229. The fraction of sp³-hybridized carbons (Fsp3) is 0.190. The summed E-state index contributed by atoms with van der Waals surface area (Å²) in [5.41, 5.74) is 4.02. The molecule has 2 N–H and O–H groups in total. The first-order valence-electron chi connectivity index (χ1n) is 9.49. The van der Waals surface area contributed by atoms with Crippen molar-refractivity contribution in [3.63, 3.8) is 0 Å². The monoisotopic (exact) mass is 492 g/mol. The molecule has 2 unspecified atom stereocenters. The molecule has 2 aliphatic heterocycles. The average Bonchev–Trinajstić information content (AvgIpc) is 3.26. The SMILES string of the molecule is COc1c(Cl)ccc(S(=O)(=O)c2ccc(CNC(=O)C3=CC4C=NNC4N=C3)cc2)c1Cl. The molecule has 4 rings (SSSR count). The van der Waals surface area contributed by atoms with E-state index in [-0.39, 0.29) is 50.1 Å². The van der Waals surface area contributed by atoms with Crippen molar-refractivity contribution in [1.82, 2.24) is 10.7 Å². The van der Waals surface area contributed by atoms with E-state index in [9.17, 15) is 13.2 Å². The standard InChI is InChI=1S/C21H18Cl2N4O4S/c1-31-19-16(22)6-7-17(18(19)23)32(29,30)15-4-2-12(3-5-15)9-25-21(28)14-8-13-11-26-27-20(13)24-10-14/h2-8,10-11,13,20,27H,9H2,1H3,(H,25,28). The molecule has 0 aliphatic carbocycles. The highest BCUT2D eigenvalue weighted by atomic mass is 35.5. The van der Waals surface area contributed by atoms with Crippen molar-refractivity contribution in [3.05, 3.63) is 63.7 Å². The third-order valence-corrected chi connectivity index (χ3v) is 7.62. The van der Waals surface area contributed by atoms with Gasteiger partial charge in [-0.15, -0.1) is 0 Å². The molecule has 11 heteroatoms. The number of hydrogen-bond donors (Lipinski definition) is 2. The number of carbonyl (C=O) groups is 1. The molecule has 0 spiro atoms. The Hall–Kier alpha value is -2.88. The van der Waals surface area contributed by atoms with Crippen LogP contribution in [0.3, 0.4) is 0 Å². The molecule has 0 saturated heterocycles. The van der Waals surface area contributed by atoms with Gasteiger partial charge in [-0.2, -0.15) is 5.10 Å². The van der Waals surface area contributed by atoms with Crippen molar-refractivity contribution in [2.24, 2.45) is 16.0 Å². The molecule has 2 aliphatic rings. The number of methoxy groups -OCH3 is 1. The lowest BCUT2D eigenvalue weighted by atomic mass is 10.0. The average molecular weight is 493 g/mol. The predicted octanol–water partition coefficient (Wildman–Crippen LogP) is 2.99. The normalized spacial score (nSPS) is 19.2. The van der Waals surface area contributed by atoms with Gasteiger partial charge in [-0.1, -0.05) is 41.4 Å². The Labute approximate surface area is 194 Å². The molecular formula is C21H18Cl2N4O4S. The summed E-state index contributed by atoms with van der Waals surface area (Å²) in [6, 6.07) is 8.93. The Morgan fingerprint density at radius 3 is 2.66 bits per heavy atom. The second-order valence-corrected chi connectivity index (χ2v) is 9.76. The van der Waals surface area contributed by atoms with Crippen molar-refractivity contribution in [1.29, 1.82) is 0 Å². The molecule has 2 heterocycles. The lowest BCUT2D eigenvalue weighted by Crippen LogP contribution is -2.32. The van der Waals surface area contributed by atoms with Crippen LogP contribution in [0.4, 0.5) is 0 Å². The maximum Gasteiger partial charge on any atom is 0.252 e. The lowest BCUT2D eigenvalue weighted by Gasteiger charge is -2.16. The summed E-state index contributed by atoms with van der Waals surface area (Å²) in [6.45, 7) is 0.223. The van der Waals surface area contributed by atoms with E-state index in [1.165, 1.54) is 37.6 Å². The Kier molecular flexibility index (Phi) is 6.23. The molecule has 2 atom stereocenters. The van der Waals surface area contributed by atoms with E-state index in [2.05, 4.69) is 20.8 Å². The van der Waals surface area contributed by atoms with Crippen molar-refractivity contribution in [2.45, 2.75) is 22.5 Å². The Balaban J connectivity index is 1.46. The molecule has 32 heavy (non-hydrogen) atoms. The first kappa shape index (κ1) is 22.3. The number of amides is 1. The van der Waals surface area contributed by atoms with Crippen LogP contribution in [0.5, 0.6) is 5.75 Å². The number of nitrogens with one attached hydrogen (secondary N) is 2. The van der Waals surface area contributed by atoms with Gasteiger partial charge < -0.3 is 10.1 Å². The van der Waals surface area contributed by atoms with Crippen molar-refractivity contribution in [3.8, 4) is 5.75 Å². The van der Waals surface area contributed by atoms with Crippen LogP contribution in [0.2, 0.25) is 10.0 Å². The Morgan fingerprint density at radius 1 is 1.19 bits per heavy atom. The number of halogens is 2. The summed E-state index contributed by atoms with van der Waals surface area (Å²) in [6.07, 6.45) is 4.86. The molecule has 0 bridgehead atoms. The summed E-state index contributed by atoms with van der Waals surface area (Å²) in [5, 5.41) is 6.89. The van der Waals surface area contributed by atoms with Crippen LogP contribution in [-0.4, -0.2) is 40.0 Å². The second-order valence-electron chi connectivity index (χ2n) is 7.05. The highest BCUT2D eigenvalue weighted by Gasteiger charge is 2.26. The molecule has 0 radical (unpaired) electrons. The Morgan fingerprint density at radius 2 is 1.94 bits per heavy atom. The van der Waals surface area contributed by atoms with E-state index in [1.807, 2.05) is 0 Å². The minimum absolute atomic E-state index is 0.0523. The topological polar surface area (TPSA) is 109 Å². The van der Waals surface area contributed by atoms with Crippen molar-refractivity contribution >= 4 is 51.4 Å². The molecule has 2 aromatic carbocycles. The van der Waals surface area contributed by atoms with Gasteiger partial charge in [0.2, 0.25) is 9.84 Å². The van der Waals surface area contributed by atoms with Crippen LogP contribution in [0, 0.1) is 5.92 Å². The quantitative estimate of drug-likeness (QED) is 0.643. The van der Waals surface area contributed by atoms with Crippen molar-refractivity contribution in [2.75, 3.05) is 7.11 Å². The van der Waals surface area contributed by atoms with E-state index < -0.39 is 9.84 Å². The number of hydrazone groups is 1. The fourth-order valence-corrected chi connectivity index (χ4v) is 5.45. The summed E-state index contributed by atoms with van der Waals surface area (Å²) >= 11 is 12.2. The zero-order valence-electron chi connectivity index (χ0n) is 16.7. The van der Waals surface area contributed by atoms with Crippen LogP contribution < -0.4 is 15.5 Å². The molecule has 0 saturated carbocycles. The first-order valence-corrected chi connectivity index (χ1v) is 11.7. The van der Waals surface area contributed by atoms with E-state index in [1.54, 1.807) is 24.4 Å². The first-order chi connectivity index (χ1) is 15.3. The van der Waals surface area contributed by atoms with Crippen LogP contribution in [0.25, 0.3) is 0 Å². The van der Waals surface area contributed by atoms with Gasteiger partial charge in [-0.3, -0.25) is 15.2 Å². The van der Waals surface area contributed by atoms with Crippen LogP contribution in [0.15, 0.2) is 67.9 Å². The molecule has 8 nitrogen and oxygen atoms in total. The molecule has 2 aromatic rings. The van der Waals surface area contributed by atoms with Gasteiger partial charge in [0.15, 0.2) is 5.75 Å². The number of aliphatic imine (C=N–C) groups is 1. The third-order valence-electron chi connectivity index (χ3n) is 5.02. The van der Waals surface area contributed by atoms with E-state index in [4.69, 9.17) is 27.9 Å². The number of hydrogen-bond acceptors (Lipinski definition) is 7. The summed E-state index contributed by atoms with van der Waals surface area (Å²) in [4.78, 5) is 16.6. The highest BCUT2D eigenvalue weighted by Crippen LogP contribution is 2.39. The predicted molar refractivity (Wildman–Crippen MR) is 122 cm³/mol. The van der Waals surface area contributed by atoms with Gasteiger partial charge in [0, 0.05) is 19.0 Å². The molecular weight excluding hydrogens is 475 g/mol. The highest BCUT2D eigenvalue weighted by molar-refractivity contribution is 7.91. The Bertz CT molecular complexity index is 1260. The third kappa shape index (κ3) is 4.23. The van der Waals surface area contributed by atoms with Crippen LogP contribution in [0.1, 0.15) is 5.56 Å². The molecule has 1 amide bonds. The van der Waals surface area contributed by atoms with Crippen LogP contribution >= 0.6 is 23.2 Å². The number of ether oxygens (including phenoxy) is 1. The number of benzene rings is 2. The van der Waals surface area contributed by atoms with Gasteiger partial charge in [0.05, 0.1) is 33.4 Å². The van der Waals surface area contributed by atoms with Gasteiger partial charge in [0.25, 0.3) is 5.91 Å². The van der Waals surface area contributed by atoms with Gasteiger partial charge in [-0.05, 0) is 29.8 Å². The van der Waals surface area contributed by atoms with Crippen LogP contribution in [-0.2, 0) is 21.2 Å². The van der Waals surface area contributed by atoms with E-state index >= 15 is 0 Å². The largest absolute Gasteiger partial charge is 0.494 e. The number of fused-ring (bicyclic) bond motifs is 1. The second kappa shape index (κ2) is 8.93. The zero-order chi connectivity index (χ0) is 22.9. The molecule has 0 fully saturated rings. The van der Waals surface area contributed by atoms with E-state index in [0.717, 1.165) is 5.56 Å². The van der Waals surface area contributed by atoms with Crippen molar-refractivity contribution < 1.29 is 17.9 Å². The maximum absolute atomic E-state index is 13.0. The minimum Gasteiger partial charge on any atom is -0.494 e. The smallest absolute Gasteiger partial charge is 0.252 e. The zero-order valence-corrected chi connectivity index (χ0v) is 19.1. The molecule has 166 valence electrons. The number of sulfone groups is 1. The summed E-state index contributed by atoms with van der Waals surface area (Å²) in [7, 11) is -2.54. The van der Waals surface area contributed by atoms with Gasteiger partial charge in [-0.25, -0.2) is 8.42 Å². The van der Waals surface area contributed by atoms with Gasteiger partial charge in [0.1, 0.15) is 11.2 Å². The minimum atomic E-state index is -3.90. The fourth-order valence-electron chi connectivity index (χ4n) is 3.29.